The summed E-state index contributed by atoms with van der Waals surface area (Å²) in [6.45, 7) is 3.13. The number of hydrogen-bond donors (Lipinski definition) is 1. The molecule has 1 aliphatic rings. The van der Waals surface area contributed by atoms with Crippen LogP contribution in [0.3, 0.4) is 0 Å². The fraction of sp³-hybridized carbons (Fsp3) is 0.400. The Hall–Kier alpha value is -2.03. The van der Waals surface area contributed by atoms with Gasteiger partial charge in [0, 0.05) is 39.2 Å². The van der Waals surface area contributed by atoms with Crippen molar-refractivity contribution in [3.05, 3.63) is 54.9 Å². The molecular formula is C20H27IN4O2. The van der Waals surface area contributed by atoms with Crippen LogP contribution in [0.2, 0.25) is 0 Å². The molecule has 1 fully saturated rings. The quantitative estimate of drug-likeness (QED) is 0.297. The molecule has 0 saturated carbocycles. The minimum Gasteiger partial charge on any atom is -0.490 e. The standard InChI is InChI=1S/C20H26N4O2.HI/c1-21-20(23-12-15-25-19-8-5-11-22-16-19)24-13-9-18(10-14-24)26-17-6-3-2-4-7-17;/h2-8,11,16,18H,9-10,12-15H2,1H3,(H,21,23);1H. The van der Waals surface area contributed by atoms with Gasteiger partial charge >= 0.3 is 0 Å². The summed E-state index contributed by atoms with van der Waals surface area (Å²) in [7, 11) is 1.82. The van der Waals surface area contributed by atoms with Crippen molar-refractivity contribution < 1.29 is 9.47 Å². The molecule has 7 heteroatoms. The van der Waals surface area contributed by atoms with Crippen molar-refractivity contribution in [2.75, 3.05) is 33.3 Å². The van der Waals surface area contributed by atoms with Crippen LogP contribution in [0.4, 0.5) is 0 Å². The summed E-state index contributed by atoms with van der Waals surface area (Å²) in [5, 5.41) is 3.36. The van der Waals surface area contributed by atoms with E-state index in [1.807, 2.05) is 49.5 Å². The third-order valence-electron chi connectivity index (χ3n) is 4.29. The van der Waals surface area contributed by atoms with Crippen LogP contribution in [0.15, 0.2) is 59.9 Å². The van der Waals surface area contributed by atoms with Crippen molar-refractivity contribution in [3.63, 3.8) is 0 Å². The zero-order valence-electron chi connectivity index (χ0n) is 15.6. The number of aliphatic imine (C=N–C) groups is 1. The topological polar surface area (TPSA) is 59.0 Å². The number of aromatic nitrogens is 1. The predicted molar refractivity (Wildman–Crippen MR) is 118 cm³/mol. The molecule has 1 aliphatic heterocycles. The summed E-state index contributed by atoms with van der Waals surface area (Å²) in [6.07, 6.45) is 5.69. The number of nitrogens with one attached hydrogen (secondary N) is 1. The van der Waals surface area contributed by atoms with Crippen LogP contribution in [0.5, 0.6) is 11.5 Å². The van der Waals surface area contributed by atoms with Gasteiger partial charge in [0.15, 0.2) is 5.96 Å². The lowest BCUT2D eigenvalue weighted by molar-refractivity contribution is 0.129. The van der Waals surface area contributed by atoms with Crippen LogP contribution < -0.4 is 14.8 Å². The number of ether oxygens (including phenoxy) is 2. The fourth-order valence-corrected chi connectivity index (χ4v) is 2.97. The van der Waals surface area contributed by atoms with E-state index in [-0.39, 0.29) is 30.1 Å². The normalized spacial score (nSPS) is 15.0. The molecule has 0 bridgehead atoms. The number of para-hydroxylation sites is 1. The molecular weight excluding hydrogens is 455 g/mol. The van der Waals surface area contributed by atoms with Crippen molar-refractivity contribution in [3.8, 4) is 11.5 Å². The monoisotopic (exact) mass is 482 g/mol. The number of rotatable bonds is 6. The maximum atomic E-state index is 6.05. The highest BCUT2D eigenvalue weighted by molar-refractivity contribution is 14.0. The first-order valence-corrected chi connectivity index (χ1v) is 9.05. The first-order chi connectivity index (χ1) is 12.8. The number of nitrogens with zero attached hydrogens (tertiary/aromatic N) is 3. The lowest BCUT2D eigenvalue weighted by Gasteiger charge is -2.34. The number of pyridine rings is 1. The Bertz CT molecular complexity index is 677. The van der Waals surface area contributed by atoms with Crippen molar-refractivity contribution >= 4 is 29.9 Å². The Morgan fingerprint density at radius 3 is 2.56 bits per heavy atom. The molecule has 1 saturated heterocycles. The lowest BCUT2D eigenvalue weighted by Crippen LogP contribution is -2.48. The van der Waals surface area contributed by atoms with Gasteiger partial charge in [-0.1, -0.05) is 18.2 Å². The Labute approximate surface area is 178 Å². The van der Waals surface area contributed by atoms with Crippen LogP contribution in [0.25, 0.3) is 0 Å². The molecule has 1 aromatic heterocycles. The summed E-state index contributed by atoms with van der Waals surface area (Å²) < 4.78 is 11.7. The predicted octanol–water partition coefficient (Wildman–Crippen LogP) is 3.20. The largest absolute Gasteiger partial charge is 0.490 e. The Morgan fingerprint density at radius 2 is 1.89 bits per heavy atom. The lowest BCUT2D eigenvalue weighted by atomic mass is 10.1. The molecule has 0 aliphatic carbocycles. The summed E-state index contributed by atoms with van der Waals surface area (Å²) in [6, 6.07) is 13.8. The van der Waals surface area contributed by atoms with Gasteiger partial charge in [-0.15, -0.1) is 24.0 Å². The SMILES string of the molecule is CN=C(NCCOc1cccnc1)N1CCC(Oc2ccccc2)CC1.I. The van der Waals surface area contributed by atoms with Crippen LogP contribution in [-0.4, -0.2) is 55.2 Å². The van der Waals surface area contributed by atoms with Crippen LogP contribution in [0, 0.1) is 0 Å². The van der Waals surface area contributed by atoms with E-state index in [1.165, 1.54) is 0 Å². The van der Waals surface area contributed by atoms with Gasteiger partial charge in [-0.3, -0.25) is 9.98 Å². The van der Waals surface area contributed by atoms with E-state index in [0.29, 0.717) is 13.2 Å². The molecule has 1 N–H and O–H groups in total. The van der Waals surface area contributed by atoms with Crippen LogP contribution in [0.1, 0.15) is 12.8 Å². The molecule has 0 unspecified atom stereocenters. The number of guanidine groups is 1. The van der Waals surface area contributed by atoms with Gasteiger partial charge in [-0.05, 0) is 24.3 Å². The molecule has 3 rings (SSSR count). The second kappa shape index (κ2) is 11.6. The third kappa shape index (κ3) is 6.89. The van der Waals surface area contributed by atoms with Crippen molar-refractivity contribution in [2.24, 2.45) is 4.99 Å². The van der Waals surface area contributed by atoms with Gasteiger partial charge in [0.1, 0.15) is 24.2 Å². The van der Waals surface area contributed by atoms with Gasteiger partial charge in [0.2, 0.25) is 0 Å². The summed E-state index contributed by atoms with van der Waals surface area (Å²) in [5.41, 5.74) is 0. The zero-order chi connectivity index (χ0) is 18.0. The van der Waals surface area contributed by atoms with E-state index < -0.39 is 0 Å². The molecule has 2 aromatic rings. The minimum absolute atomic E-state index is 0. The highest BCUT2D eigenvalue weighted by Gasteiger charge is 2.22. The zero-order valence-corrected chi connectivity index (χ0v) is 17.9. The maximum Gasteiger partial charge on any atom is 0.193 e. The van der Waals surface area contributed by atoms with Gasteiger partial charge in [0.05, 0.1) is 12.7 Å². The highest BCUT2D eigenvalue weighted by Crippen LogP contribution is 2.18. The summed E-state index contributed by atoms with van der Waals surface area (Å²) in [5.74, 6) is 2.64. The molecule has 0 amide bonds. The first-order valence-electron chi connectivity index (χ1n) is 9.05. The van der Waals surface area contributed by atoms with E-state index in [0.717, 1.165) is 43.4 Å². The Morgan fingerprint density at radius 1 is 1.15 bits per heavy atom. The van der Waals surface area contributed by atoms with Crippen molar-refractivity contribution in [1.82, 2.24) is 15.2 Å². The highest BCUT2D eigenvalue weighted by atomic mass is 127. The summed E-state index contributed by atoms with van der Waals surface area (Å²) >= 11 is 0. The second-order valence-corrected chi connectivity index (χ2v) is 6.13. The fourth-order valence-electron chi connectivity index (χ4n) is 2.97. The van der Waals surface area contributed by atoms with Gasteiger partial charge in [-0.25, -0.2) is 0 Å². The number of likely N-dealkylation sites (tertiary alicyclic amines) is 1. The molecule has 6 nitrogen and oxygen atoms in total. The molecule has 0 atom stereocenters. The van der Waals surface area contributed by atoms with Gasteiger partial charge in [-0.2, -0.15) is 0 Å². The Kier molecular flexibility index (Phi) is 9.17. The van der Waals surface area contributed by atoms with E-state index >= 15 is 0 Å². The maximum absolute atomic E-state index is 6.05. The van der Waals surface area contributed by atoms with Crippen LogP contribution in [-0.2, 0) is 0 Å². The average Bonchev–Trinajstić information content (AvgIpc) is 2.70. The van der Waals surface area contributed by atoms with Crippen molar-refractivity contribution in [1.29, 1.82) is 0 Å². The van der Waals surface area contributed by atoms with Crippen molar-refractivity contribution in [2.45, 2.75) is 18.9 Å². The molecule has 2 heterocycles. The van der Waals surface area contributed by atoms with E-state index in [9.17, 15) is 0 Å². The molecule has 0 radical (unpaired) electrons. The second-order valence-electron chi connectivity index (χ2n) is 6.13. The number of benzene rings is 1. The Balaban J connectivity index is 0.00000261. The van der Waals surface area contributed by atoms with Crippen LogP contribution >= 0.6 is 24.0 Å². The third-order valence-corrected chi connectivity index (χ3v) is 4.29. The molecule has 146 valence electrons. The number of hydrogen-bond acceptors (Lipinski definition) is 4. The smallest absolute Gasteiger partial charge is 0.193 e. The average molecular weight is 482 g/mol. The first kappa shape index (κ1) is 21.3. The minimum atomic E-state index is 0. The summed E-state index contributed by atoms with van der Waals surface area (Å²) in [4.78, 5) is 10.7. The van der Waals surface area contributed by atoms with E-state index in [2.05, 4.69) is 20.2 Å². The number of piperidine rings is 1. The molecule has 1 aromatic carbocycles. The molecule has 27 heavy (non-hydrogen) atoms. The van der Waals surface area contributed by atoms with E-state index in [4.69, 9.17) is 9.47 Å². The van der Waals surface area contributed by atoms with Gasteiger partial charge in [0.25, 0.3) is 0 Å². The van der Waals surface area contributed by atoms with E-state index in [1.54, 1.807) is 12.4 Å². The van der Waals surface area contributed by atoms with Gasteiger partial charge < -0.3 is 19.7 Å². The molecule has 0 spiro atoms. The number of halogens is 1.